The van der Waals surface area contributed by atoms with Gasteiger partial charge in [0.1, 0.15) is 0 Å². The summed E-state index contributed by atoms with van der Waals surface area (Å²) in [7, 11) is 0. The molecule has 106 valence electrons. The van der Waals surface area contributed by atoms with E-state index >= 15 is 0 Å². The van der Waals surface area contributed by atoms with Crippen LogP contribution in [0.15, 0.2) is 28.7 Å². The maximum atomic E-state index is 8.78. The highest BCUT2D eigenvalue weighted by Gasteiger charge is 2.21. The minimum atomic E-state index is 0.194. The lowest BCUT2D eigenvalue weighted by Crippen LogP contribution is -2.38. The van der Waals surface area contributed by atoms with E-state index in [1.165, 1.54) is 5.56 Å². The van der Waals surface area contributed by atoms with E-state index in [4.69, 9.17) is 9.84 Å². The van der Waals surface area contributed by atoms with Crippen LogP contribution in [0.1, 0.15) is 30.9 Å². The molecule has 0 bridgehead atoms. The third kappa shape index (κ3) is 4.88. The van der Waals surface area contributed by atoms with Crippen LogP contribution in [0.2, 0.25) is 0 Å². The summed E-state index contributed by atoms with van der Waals surface area (Å²) >= 11 is 3.46. The molecule has 1 atom stereocenters. The van der Waals surface area contributed by atoms with E-state index < -0.39 is 0 Å². The van der Waals surface area contributed by atoms with Gasteiger partial charge in [0.2, 0.25) is 0 Å². The quantitative estimate of drug-likeness (QED) is 0.815. The Morgan fingerprint density at radius 2 is 2.00 bits per heavy atom. The van der Waals surface area contributed by atoms with Crippen molar-refractivity contribution in [1.29, 1.82) is 0 Å². The third-order valence-electron chi connectivity index (χ3n) is 3.52. The van der Waals surface area contributed by atoms with E-state index in [9.17, 15) is 0 Å². The van der Waals surface area contributed by atoms with Crippen molar-refractivity contribution in [2.75, 3.05) is 32.8 Å². The van der Waals surface area contributed by atoms with Crippen LogP contribution >= 0.6 is 15.9 Å². The number of hydrogen-bond acceptors (Lipinski definition) is 3. The molecular weight excluding hydrogens is 306 g/mol. The average molecular weight is 328 g/mol. The minimum Gasteiger partial charge on any atom is -0.396 e. The van der Waals surface area contributed by atoms with Crippen molar-refractivity contribution in [3.8, 4) is 0 Å². The van der Waals surface area contributed by atoms with Gasteiger partial charge in [-0.05, 0) is 43.5 Å². The van der Waals surface area contributed by atoms with Crippen LogP contribution in [0.4, 0.5) is 0 Å². The normalized spacial score (nSPS) is 20.6. The SMILES string of the molecule is OCCCCCN1CCOC(c2ccc(Br)cc2)C1. The van der Waals surface area contributed by atoms with E-state index in [0.29, 0.717) is 6.61 Å². The Morgan fingerprint density at radius 1 is 1.21 bits per heavy atom. The summed E-state index contributed by atoms with van der Waals surface area (Å²) in [5.41, 5.74) is 1.25. The molecule has 4 heteroatoms. The first kappa shape index (κ1) is 15.0. The zero-order valence-corrected chi connectivity index (χ0v) is 12.8. The highest BCUT2D eigenvalue weighted by Crippen LogP contribution is 2.23. The van der Waals surface area contributed by atoms with Gasteiger partial charge in [-0.1, -0.05) is 28.1 Å². The van der Waals surface area contributed by atoms with Crippen molar-refractivity contribution >= 4 is 15.9 Å². The van der Waals surface area contributed by atoms with Gasteiger partial charge in [-0.25, -0.2) is 0 Å². The molecule has 0 amide bonds. The first-order valence-electron chi connectivity index (χ1n) is 7.00. The van der Waals surface area contributed by atoms with Gasteiger partial charge in [-0.3, -0.25) is 4.90 Å². The number of aliphatic hydroxyl groups is 1. The Bertz CT molecular complexity index is 369. The molecule has 1 aliphatic heterocycles. The summed E-state index contributed by atoms with van der Waals surface area (Å²) in [4.78, 5) is 2.47. The van der Waals surface area contributed by atoms with E-state index in [0.717, 1.165) is 50.0 Å². The van der Waals surface area contributed by atoms with E-state index in [1.807, 2.05) is 0 Å². The molecule has 1 unspecified atom stereocenters. The molecule has 1 fully saturated rings. The Labute approximate surface area is 123 Å². The van der Waals surface area contributed by atoms with Crippen LogP contribution < -0.4 is 0 Å². The van der Waals surface area contributed by atoms with Gasteiger partial charge in [-0.2, -0.15) is 0 Å². The maximum Gasteiger partial charge on any atom is 0.0952 e. The van der Waals surface area contributed by atoms with Crippen LogP contribution in [0, 0.1) is 0 Å². The second-order valence-electron chi connectivity index (χ2n) is 5.00. The number of unbranched alkanes of at least 4 members (excludes halogenated alkanes) is 2. The Morgan fingerprint density at radius 3 is 2.74 bits per heavy atom. The second-order valence-corrected chi connectivity index (χ2v) is 5.91. The molecule has 2 rings (SSSR count). The van der Waals surface area contributed by atoms with Gasteiger partial charge >= 0.3 is 0 Å². The summed E-state index contributed by atoms with van der Waals surface area (Å²) < 4.78 is 6.97. The van der Waals surface area contributed by atoms with Crippen LogP contribution in [-0.4, -0.2) is 42.9 Å². The Kier molecular flexibility index (Phi) is 6.31. The zero-order valence-electron chi connectivity index (χ0n) is 11.2. The summed E-state index contributed by atoms with van der Waals surface area (Å²) in [6, 6.07) is 8.39. The molecule has 0 aromatic heterocycles. The Hall–Kier alpha value is -0.420. The van der Waals surface area contributed by atoms with Gasteiger partial charge in [-0.15, -0.1) is 0 Å². The molecule has 1 heterocycles. The first-order chi connectivity index (χ1) is 9.29. The number of morpholine rings is 1. The molecule has 0 saturated carbocycles. The standard InChI is InChI=1S/C15H22BrNO2/c16-14-6-4-13(5-7-14)15-12-17(9-11-19-15)8-2-1-3-10-18/h4-7,15,18H,1-3,8-12H2. The number of nitrogens with zero attached hydrogens (tertiary/aromatic N) is 1. The van der Waals surface area contributed by atoms with Crippen molar-refractivity contribution in [2.45, 2.75) is 25.4 Å². The van der Waals surface area contributed by atoms with E-state index in [1.54, 1.807) is 0 Å². The first-order valence-corrected chi connectivity index (χ1v) is 7.79. The second kappa shape index (κ2) is 8.00. The molecule has 1 saturated heterocycles. The van der Waals surface area contributed by atoms with Crippen molar-refractivity contribution < 1.29 is 9.84 Å². The highest BCUT2D eigenvalue weighted by atomic mass is 79.9. The van der Waals surface area contributed by atoms with Gasteiger partial charge in [0.25, 0.3) is 0 Å². The van der Waals surface area contributed by atoms with Crippen molar-refractivity contribution in [2.24, 2.45) is 0 Å². The number of benzene rings is 1. The van der Waals surface area contributed by atoms with Crippen LogP contribution in [0.25, 0.3) is 0 Å². The maximum absolute atomic E-state index is 8.78. The lowest BCUT2D eigenvalue weighted by Gasteiger charge is -2.33. The van der Waals surface area contributed by atoms with Crippen LogP contribution in [-0.2, 0) is 4.74 Å². The van der Waals surface area contributed by atoms with Crippen LogP contribution in [0.5, 0.6) is 0 Å². The highest BCUT2D eigenvalue weighted by molar-refractivity contribution is 9.10. The predicted octanol–water partition coefficient (Wildman–Crippen LogP) is 2.99. The fraction of sp³-hybridized carbons (Fsp3) is 0.600. The fourth-order valence-electron chi connectivity index (χ4n) is 2.41. The van der Waals surface area contributed by atoms with E-state index in [2.05, 4.69) is 45.1 Å². The van der Waals surface area contributed by atoms with Crippen molar-refractivity contribution in [3.63, 3.8) is 0 Å². The molecule has 0 radical (unpaired) electrons. The molecule has 0 spiro atoms. The Balaban J connectivity index is 1.81. The topological polar surface area (TPSA) is 32.7 Å². The molecule has 1 N–H and O–H groups in total. The summed E-state index contributed by atoms with van der Waals surface area (Å²) in [6.07, 6.45) is 3.38. The predicted molar refractivity (Wildman–Crippen MR) is 80.2 cm³/mol. The average Bonchev–Trinajstić information content (AvgIpc) is 2.45. The molecule has 0 aliphatic carbocycles. The monoisotopic (exact) mass is 327 g/mol. The van der Waals surface area contributed by atoms with Gasteiger partial charge < -0.3 is 9.84 Å². The lowest BCUT2D eigenvalue weighted by atomic mass is 10.1. The summed E-state index contributed by atoms with van der Waals surface area (Å²) in [5, 5.41) is 8.78. The number of ether oxygens (including phenoxy) is 1. The smallest absolute Gasteiger partial charge is 0.0952 e. The molecule has 1 aliphatic rings. The van der Waals surface area contributed by atoms with Gasteiger partial charge in [0.15, 0.2) is 0 Å². The lowest BCUT2D eigenvalue weighted by molar-refractivity contribution is -0.0304. The minimum absolute atomic E-state index is 0.194. The number of halogens is 1. The van der Waals surface area contributed by atoms with Crippen molar-refractivity contribution in [1.82, 2.24) is 4.90 Å². The number of aliphatic hydroxyl groups excluding tert-OH is 1. The molecule has 1 aromatic rings. The molecular formula is C15H22BrNO2. The largest absolute Gasteiger partial charge is 0.396 e. The van der Waals surface area contributed by atoms with Gasteiger partial charge in [0, 0.05) is 24.2 Å². The van der Waals surface area contributed by atoms with Crippen molar-refractivity contribution in [3.05, 3.63) is 34.3 Å². The fourth-order valence-corrected chi connectivity index (χ4v) is 2.67. The number of rotatable bonds is 6. The van der Waals surface area contributed by atoms with Gasteiger partial charge in [0.05, 0.1) is 12.7 Å². The van der Waals surface area contributed by atoms with Crippen LogP contribution in [0.3, 0.4) is 0 Å². The zero-order chi connectivity index (χ0) is 13.5. The molecule has 1 aromatic carbocycles. The third-order valence-corrected chi connectivity index (χ3v) is 4.05. The number of hydrogen-bond donors (Lipinski definition) is 1. The molecule has 19 heavy (non-hydrogen) atoms. The summed E-state index contributed by atoms with van der Waals surface area (Å²) in [6.45, 7) is 4.22. The van der Waals surface area contributed by atoms with E-state index in [-0.39, 0.29) is 6.10 Å². The molecule has 3 nitrogen and oxygen atoms in total. The summed E-state index contributed by atoms with van der Waals surface area (Å²) in [5.74, 6) is 0.